The Morgan fingerprint density at radius 2 is 1.73 bits per heavy atom. The van der Waals surface area contributed by atoms with Gasteiger partial charge in [-0.05, 0) is 49.7 Å². The van der Waals surface area contributed by atoms with E-state index in [9.17, 15) is 4.79 Å². The molecule has 0 saturated carbocycles. The van der Waals surface area contributed by atoms with Gasteiger partial charge in [0.15, 0.2) is 0 Å². The first-order valence-corrected chi connectivity index (χ1v) is 9.92. The molecule has 0 radical (unpaired) electrons. The topological polar surface area (TPSA) is 32.8 Å². The molecule has 2 aromatic carbocycles. The van der Waals surface area contributed by atoms with Crippen LogP contribution in [0.1, 0.15) is 11.1 Å². The van der Waals surface area contributed by atoms with Gasteiger partial charge in [-0.3, -0.25) is 4.79 Å². The first-order chi connectivity index (χ1) is 12.6. The van der Waals surface area contributed by atoms with Crippen LogP contribution in [-0.2, 0) is 4.79 Å². The fraction of sp³-hybridized carbons (Fsp3) is 0.381. The molecule has 0 atom stereocenters. The lowest BCUT2D eigenvalue weighted by Crippen LogP contribution is -2.49. The second kappa shape index (κ2) is 8.49. The monoisotopic (exact) mass is 370 g/mol. The van der Waals surface area contributed by atoms with E-state index >= 15 is 0 Å². The Kier molecular flexibility index (Phi) is 6.09. The average Bonchev–Trinajstić information content (AvgIpc) is 2.67. The third-order valence-corrected chi connectivity index (χ3v) is 5.91. The van der Waals surface area contributed by atoms with Crippen LogP contribution in [0.15, 0.2) is 47.4 Å². The largest absolute Gasteiger partial charge is 0.497 e. The van der Waals surface area contributed by atoms with Crippen LogP contribution in [0.25, 0.3) is 0 Å². The number of methoxy groups -OCH3 is 1. The van der Waals surface area contributed by atoms with Gasteiger partial charge in [-0.2, -0.15) is 0 Å². The van der Waals surface area contributed by atoms with E-state index in [4.69, 9.17) is 4.74 Å². The molecular weight excluding hydrogens is 344 g/mol. The zero-order valence-corrected chi connectivity index (χ0v) is 16.5. The molecule has 0 N–H and O–H groups in total. The van der Waals surface area contributed by atoms with Gasteiger partial charge in [0.1, 0.15) is 5.75 Å². The molecule has 2 aromatic rings. The summed E-state index contributed by atoms with van der Waals surface area (Å²) in [6.45, 7) is 7.48. The minimum Gasteiger partial charge on any atom is -0.497 e. The standard InChI is InChI=1S/C21H26N2O2S/c1-16-4-9-20(17(2)14-16)26-15-21(24)23-12-10-22(11-13-23)18-5-7-19(25-3)8-6-18/h4-9,14H,10-13,15H2,1-3H3. The Hall–Kier alpha value is -2.14. The second-order valence-corrected chi connectivity index (χ2v) is 7.64. The van der Waals surface area contributed by atoms with Gasteiger partial charge in [0.2, 0.25) is 5.91 Å². The lowest BCUT2D eigenvalue weighted by molar-refractivity contribution is -0.128. The van der Waals surface area contributed by atoms with Gasteiger partial charge in [-0.15, -0.1) is 11.8 Å². The summed E-state index contributed by atoms with van der Waals surface area (Å²) in [6.07, 6.45) is 0. The average molecular weight is 371 g/mol. The van der Waals surface area contributed by atoms with Crippen molar-refractivity contribution in [1.29, 1.82) is 0 Å². The molecule has 0 spiro atoms. The molecule has 0 bridgehead atoms. The van der Waals surface area contributed by atoms with E-state index in [0.717, 1.165) is 31.9 Å². The zero-order chi connectivity index (χ0) is 18.5. The highest BCUT2D eigenvalue weighted by Crippen LogP contribution is 2.24. The predicted octanol–water partition coefficient (Wildman–Crippen LogP) is 3.75. The molecule has 4 nitrogen and oxygen atoms in total. The molecule has 1 saturated heterocycles. The molecule has 0 unspecified atom stereocenters. The lowest BCUT2D eigenvalue weighted by Gasteiger charge is -2.36. The van der Waals surface area contributed by atoms with Crippen molar-refractivity contribution in [3.63, 3.8) is 0 Å². The Bertz CT molecular complexity index is 753. The molecule has 1 heterocycles. The van der Waals surface area contributed by atoms with Crippen LogP contribution in [0.5, 0.6) is 5.75 Å². The molecule has 0 aromatic heterocycles. The van der Waals surface area contributed by atoms with Gasteiger partial charge in [0, 0.05) is 36.8 Å². The van der Waals surface area contributed by atoms with Crippen LogP contribution in [0.4, 0.5) is 5.69 Å². The van der Waals surface area contributed by atoms with Crippen LogP contribution in [0.2, 0.25) is 0 Å². The van der Waals surface area contributed by atoms with E-state index in [0.29, 0.717) is 5.75 Å². The number of thioether (sulfide) groups is 1. The molecule has 1 aliphatic heterocycles. The summed E-state index contributed by atoms with van der Waals surface area (Å²) in [4.78, 5) is 18.0. The summed E-state index contributed by atoms with van der Waals surface area (Å²) in [6, 6.07) is 14.5. The number of hydrogen-bond acceptors (Lipinski definition) is 4. The van der Waals surface area contributed by atoms with E-state index in [1.165, 1.54) is 21.7 Å². The van der Waals surface area contributed by atoms with Gasteiger partial charge in [0.05, 0.1) is 12.9 Å². The Balaban J connectivity index is 1.50. The molecule has 26 heavy (non-hydrogen) atoms. The number of rotatable bonds is 5. The fourth-order valence-electron chi connectivity index (χ4n) is 3.20. The van der Waals surface area contributed by atoms with E-state index in [1.54, 1.807) is 18.9 Å². The number of hydrogen-bond donors (Lipinski definition) is 0. The number of ether oxygens (including phenoxy) is 1. The van der Waals surface area contributed by atoms with Gasteiger partial charge >= 0.3 is 0 Å². The maximum Gasteiger partial charge on any atom is 0.233 e. The van der Waals surface area contributed by atoms with Crippen molar-refractivity contribution >= 4 is 23.4 Å². The molecule has 5 heteroatoms. The van der Waals surface area contributed by atoms with Crippen LogP contribution >= 0.6 is 11.8 Å². The molecule has 1 aliphatic rings. The molecule has 1 fully saturated rings. The third kappa shape index (κ3) is 4.52. The summed E-state index contributed by atoms with van der Waals surface area (Å²) in [7, 11) is 1.68. The number of anilines is 1. The van der Waals surface area contributed by atoms with Crippen LogP contribution < -0.4 is 9.64 Å². The third-order valence-electron chi connectivity index (χ3n) is 4.75. The van der Waals surface area contributed by atoms with Crippen LogP contribution in [0.3, 0.4) is 0 Å². The summed E-state index contributed by atoms with van der Waals surface area (Å²) in [5.41, 5.74) is 3.68. The fourth-order valence-corrected chi connectivity index (χ4v) is 4.11. The van der Waals surface area contributed by atoms with Crippen molar-refractivity contribution < 1.29 is 9.53 Å². The SMILES string of the molecule is COc1ccc(N2CCN(C(=O)CSc3ccc(C)cc3C)CC2)cc1. The van der Waals surface area contributed by atoms with E-state index in [2.05, 4.69) is 49.1 Å². The van der Waals surface area contributed by atoms with Gasteiger partial charge in [-0.25, -0.2) is 0 Å². The normalized spacial score (nSPS) is 14.4. The number of nitrogens with zero attached hydrogens (tertiary/aromatic N) is 2. The highest BCUT2D eigenvalue weighted by molar-refractivity contribution is 8.00. The van der Waals surface area contributed by atoms with Crippen molar-refractivity contribution in [2.75, 3.05) is 43.9 Å². The van der Waals surface area contributed by atoms with Gasteiger partial charge < -0.3 is 14.5 Å². The highest BCUT2D eigenvalue weighted by Gasteiger charge is 2.21. The van der Waals surface area contributed by atoms with Gasteiger partial charge in [-0.1, -0.05) is 17.7 Å². The predicted molar refractivity (Wildman–Crippen MR) is 108 cm³/mol. The lowest BCUT2D eigenvalue weighted by atomic mass is 10.2. The number of carbonyl (C=O) groups is 1. The van der Waals surface area contributed by atoms with Gasteiger partial charge in [0.25, 0.3) is 0 Å². The molecule has 138 valence electrons. The number of carbonyl (C=O) groups excluding carboxylic acids is 1. The van der Waals surface area contributed by atoms with Crippen LogP contribution in [-0.4, -0.2) is 49.8 Å². The summed E-state index contributed by atoms with van der Waals surface area (Å²) >= 11 is 1.64. The first kappa shape index (κ1) is 18.6. The van der Waals surface area contributed by atoms with E-state index in [-0.39, 0.29) is 5.91 Å². The highest BCUT2D eigenvalue weighted by atomic mass is 32.2. The van der Waals surface area contributed by atoms with Crippen molar-refractivity contribution in [2.24, 2.45) is 0 Å². The second-order valence-electron chi connectivity index (χ2n) is 6.62. The number of benzene rings is 2. The Morgan fingerprint density at radius 1 is 1.04 bits per heavy atom. The molecular formula is C21H26N2O2S. The summed E-state index contributed by atoms with van der Waals surface area (Å²) in [5.74, 6) is 1.60. The Morgan fingerprint density at radius 3 is 2.35 bits per heavy atom. The summed E-state index contributed by atoms with van der Waals surface area (Å²) < 4.78 is 5.21. The van der Waals surface area contributed by atoms with E-state index in [1.807, 2.05) is 17.0 Å². The first-order valence-electron chi connectivity index (χ1n) is 8.93. The van der Waals surface area contributed by atoms with Crippen molar-refractivity contribution in [3.05, 3.63) is 53.6 Å². The smallest absolute Gasteiger partial charge is 0.233 e. The summed E-state index contributed by atoms with van der Waals surface area (Å²) in [5, 5.41) is 0. The number of piperazine rings is 1. The maximum absolute atomic E-state index is 12.5. The van der Waals surface area contributed by atoms with Crippen molar-refractivity contribution in [2.45, 2.75) is 18.7 Å². The molecule has 3 rings (SSSR count). The van der Waals surface area contributed by atoms with Crippen molar-refractivity contribution in [1.82, 2.24) is 4.90 Å². The zero-order valence-electron chi connectivity index (χ0n) is 15.7. The minimum absolute atomic E-state index is 0.226. The van der Waals surface area contributed by atoms with Crippen molar-refractivity contribution in [3.8, 4) is 5.75 Å². The number of amides is 1. The maximum atomic E-state index is 12.5. The molecule has 1 amide bonds. The minimum atomic E-state index is 0.226. The quantitative estimate of drug-likeness (QED) is 0.751. The van der Waals surface area contributed by atoms with Crippen LogP contribution in [0, 0.1) is 13.8 Å². The Labute approximate surface area is 160 Å². The van der Waals surface area contributed by atoms with E-state index < -0.39 is 0 Å². The molecule has 0 aliphatic carbocycles. The number of aryl methyl sites for hydroxylation is 2.